The molecule has 4 rings (SSSR count). The van der Waals surface area contributed by atoms with Crippen LogP contribution in [0, 0.1) is 0 Å². The van der Waals surface area contributed by atoms with Crippen LogP contribution in [-0.2, 0) is 14.3 Å². The predicted molar refractivity (Wildman–Crippen MR) is 115 cm³/mol. The standard InChI is InChI=1S/C22H26N4O4/c1-28-11-12-30-17-6-3-15(4-7-17)20-18-13-16(5-8-19(18)25-26-20)24-21(27)22(29-2)9-10-23-14-22/h3-8,13,23H,9-12,14H2,1-2H3,(H,24,27)(H,25,26). The molecule has 30 heavy (non-hydrogen) atoms. The number of aromatic amines is 1. The highest BCUT2D eigenvalue weighted by Gasteiger charge is 2.41. The van der Waals surface area contributed by atoms with E-state index < -0.39 is 5.60 Å². The average molecular weight is 410 g/mol. The first-order valence-electron chi connectivity index (χ1n) is 9.93. The number of nitrogens with one attached hydrogen (secondary N) is 3. The van der Waals surface area contributed by atoms with Gasteiger partial charge in [-0.3, -0.25) is 9.89 Å². The number of hydrogen-bond acceptors (Lipinski definition) is 6. The number of rotatable bonds is 8. The van der Waals surface area contributed by atoms with Crippen LogP contribution in [0.15, 0.2) is 42.5 Å². The molecule has 1 aliphatic rings. The van der Waals surface area contributed by atoms with Crippen LogP contribution in [0.3, 0.4) is 0 Å². The lowest BCUT2D eigenvalue weighted by molar-refractivity contribution is -0.135. The topological polar surface area (TPSA) is 97.5 Å². The van der Waals surface area contributed by atoms with Crippen molar-refractivity contribution in [2.45, 2.75) is 12.0 Å². The van der Waals surface area contributed by atoms with E-state index >= 15 is 0 Å². The van der Waals surface area contributed by atoms with Crippen molar-refractivity contribution in [1.82, 2.24) is 15.5 Å². The third-order valence-electron chi connectivity index (χ3n) is 5.43. The van der Waals surface area contributed by atoms with Crippen molar-refractivity contribution in [1.29, 1.82) is 0 Å². The Bertz CT molecular complexity index is 1010. The second-order valence-electron chi connectivity index (χ2n) is 7.28. The minimum absolute atomic E-state index is 0.142. The van der Waals surface area contributed by atoms with Crippen molar-refractivity contribution < 1.29 is 19.0 Å². The molecule has 1 aromatic heterocycles. The van der Waals surface area contributed by atoms with E-state index in [0.29, 0.717) is 31.9 Å². The van der Waals surface area contributed by atoms with Crippen LogP contribution in [0.5, 0.6) is 5.75 Å². The summed E-state index contributed by atoms with van der Waals surface area (Å²) in [5.74, 6) is 0.635. The van der Waals surface area contributed by atoms with Gasteiger partial charge in [0.25, 0.3) is 5.91 Å². The van der Waals surface area contributed by atoms with Crippen molar-refractivity contribution in [3.8, 4) is 17.0 Å². The zero-order valence-corrected chi connectivity index (χ0v) is 17.2. The van der Waals surface area contributed by atoms with Gasteiger partial charge in [-0.2, -0.15) is 5.10 Å². The highest BCUT2D eigenvalue weighted by Crippen LogP contribution is 2.30. The molecule has 0 spiro atoms. The molecule has 8 heteroatoms. The molecule has 3 N–H and O–H groups in total. The Kier molecular flexibility index (Phi) is 5.98. The lowest BCUT2D eigenvalue weighted by atomic mass is 10.0. The summed E-state index contributed by atoms with van der Waals surface area (Å²) < 4.78 is 16.2. The monoisotopic (exact) mass is 410 g/mol. The molecule has 1 atom stereocenters. The molecule has 0 radical (unpaired) electrons. The molecule has 1 fully saturated rings. The Balaban J connectivity index is 1.55. The van der Waals surface area contributed by atoms with E-state index in [1.54, 1.807) is 14.2 Å². The van der Waals surface area contributed by atoms with Gasteiger partial charge < -0.3 is 24.8 Å². The molecule has 1 unspecified atom stereocenters. The minimum Gasteiger partial charge on any atom is -0.491 e. The number of fused-ring (bicyclic) bond motifs is 1. The van der Waals surface area contributed by atoms with Gasteiger partial charge in [0.1, 0.15) is 12.4 Å². The summed E-state index contributed by atoms with van der Waals surface area (Å²) in [6.45, 7) is 2.31. The number of anilines is 1. The summed E-state index contributed by atoms with van der Waals surface area (Å²) >= 11 is 0. The van der Waals surface area contributed by atoms with Crippen molar-refractivity contribution in [3.63, 3.8) is 0 Å². The number of ether oxygens (including phenoxy) is 3. The number of amides is 1. The van der Waals surface area contributed by atoms with E-state index in [4.69, 9.17) is 14.2 Å². The van der Waals surface area contributed by atoms with E-state index in [2.05, 4.69) is 20.8 Å². The van der Waals surface area contributed by atoms with Crippen LogP contribution in [0.2, 0.25) is 0 Å². The lowest BCUT2D eigenvalue weighted by Gasteiger charge is -2.25. The van der Waals surface area contributed by atoms with E-state index in [1.165, 1.54) is 0 Å². The van der Waals surface area contributed by atoms with E-state index in [1.807, 2.05) is 42.5 Å². The van der Waals surface area contributed by atoms with Crippen LogP contribution in [0.25, 0.3) is 22.2 Å². The van der Waals surface area contributed by atoms with Gasteiger partial charge >= 0.3 is 0 Å². The van der Waals surface area contributed by atoms with Gasteiger partial charge in [0.15, 0.2) is 5.60 Å². The Morgan fingerprint density at radius 3 is 2.70 bits per heavy atom. The van der Waals surface area contributed by atoms with Crippen LogP contribution in [-0.4, -0.2) is 62.2 Å². The van der Waals surface area contributed by atoms with Crippen LogP contribution in [0.4, 0.5) is 5.69 Å². The Hall–Kier alpha value is -2.94. The number of nitrogens with zero attached hydrogens (tertiary/aromatic N) is 1. The number of carbonyl (C=O) groups is 1. The fraction of sp³-hybridized carbons (Fsp3) is 0.364. The van der Waals surface area contributed by atoms with Gasteiger partial charge in [0, 0.05) is 37.4 Å². The van der Waals surface area contributed by atoms with Crippen LogP contribution < -0.4 is 15.4 Å². The normalized spacial score (nSPS) is 18.6. The minimum atomic E-state index is -0.827. The SMILES string of the molecule is COCCOc1ccc(-c2n[nH]c3ccc(NC(=O)C4(OC)CCNC4)cc23)cc1. The molecule has 3 aromatic rings. The highest BCUT2D eigenvalue weighted by atomic mass is 16.5. The molecular weight excluding hydrogens is 384 g/mol. The number of benzene rings is 2. The number of carbonyl (C=O) groups excluding carboxylic acids is 1. The van der Waals surface area contributed by atoms with Crippen LogP contribution in [0.1, 0.15) is 6.42 Å². The van der Waals surface area contributed by atoms with Gasteiger partial charge in [-0.25, -0.2) is 0 Å². The zero-order valence-electron chi connectivity index (χ0n) is 17.2. The molecule has 0 bridgehead atoms. The molecule has 1 amide bonds. The first-order valence-corrected chi connectivity index (χ1v) is 9.93. The van der Waals surface area contributed by atoms with Gasteiger partial charge in [-0.15, -0.1) is 0 Å². The van der Waals surface area contributed by atoms with E-state index in [9.17, 15) is 4.79 Å². The van der Waals surface area contributed by atoms with Gasteiger partial charge in [-0.1, -0.05) is 0 Å². The maximum atomic E-state index is 12.8. The molecular formula is C22H26N4O4. The largest absolute Gasteiger partial charge is 0.491 e. The van der Waals surface area contributed by atoms with Gasteiger partial charge in [0.2, 0.25) is 0 Å². The fourth-order valence-electron chi connectivity index (χ4n) is 3.64. The summed E-state index contributed by atoms with van der Waals surface area (Å²) in [5.41, 5.74) is 2.54. The summed E-state index contributed by atoms with van der Waals surface area (Å²) in [6.07, 6.45) is 0.646. The fourth-order valence-corrected chi connectivity index (χ4v) is 3.64. The average Bonchev–Trinajstić information content (AvgIpc) is 3.42. The van der Waals surface area contributed by atoms with Crippen molar-refractivity contribution in [2.24, 2.45) is 0 Å². The third kappa shape index (κ3) is 4.02. The summed E-state index contributed by atoms with van der Waals surface area (Å²) in [7, 11) is 3.22. The molecule has 0 saturated carbocycles. The predicted octanol–water partition coefficient (Wildman–Crippen LogP) is 2.57. The Morgan fingerprint density at radius 2 is 2.00 bits per heavy atom. The van der Waals surface area contributed by atoms with Gasteiger partial charge in [0.05, 0.1) is 17.8 Å². The Morgan fingerprint density at radius 1 is 1.17 bits per heavy atom. The second-order valence-corrected chi connectivity index (χ2v) is 7.28. The number of hydrogen-bond donors (Lipinski definition) is 3. The van der Waals surface area contributed by atoms with Crippen LogP contribution >= 0.6 is 0 Å². The smallest absolute Gasteiger partial charge is 0.257 e. The van der Waals surface area contributed by atoms with Crippen molar-refractivity contribution in [2.75, 3.05) is 45.8 Å². The summed E-state index contributed by atoms with van der Waals surface area (Å²) in [6, 6.07) is 13.5. The first kappa shape index (κ1) is 20.3. The number of methoxy groups -OCH3 is 2. The molecule has 1 aliphatic heterocycles. The molecule has 8 nitrogen and oxygen atoms in total. The van der Waals surface area contributed by atoms with Crippen molar-refractivity contribution >= 4 is 22.5 Å². The number of H-pyrrole nitrogens is 1. The first-order chi connectivity index (χ1) is 14.6. The number of aromatic nitrogens is 2. The maximum Gasteiger partial charge on any atom is 0.257 e. The quantitative estimate of drug-likeness (QED) is 0.494. The zero-order chi connectivity index (χ0) is 21.0. The maximum absolute atomic E-state index is 12.8. The Labute approximate surface area is 174 Å². The molecule has 2 aromatic carbocycles. The molecule has 0 aliphatic carbocycles. The summed E-state index contributed by atoms with van der Waals surface area (Å²) in [4.78, 5) is 12.8. The third-order valence-corrected chi connectivity index (χ3v) is 5.43. The van der Waals surface area contributed by atoms with E-state index in [-0.39, 0.29) is 5.91 Å². The van der Waals surface area contributed by atoms with Gasteiger partial charge in [-0.05, 0) is 55.4 Å². The lowest BCUT2D eigenvalue weighted by Crippen LogP contribution is -2.46. The molecule has 1 saturated heterocycles. The molecule has 2 heterocycles. The summed E-state index contributed by atoms with van der Waals surface area (Å²) in [5, 5.41) is 14.6. The molecule has 158 valence electrons. The van der Waals surface area contributed by atoms with E-state index in [0.717, 1.165) is 34.5 Å². The highest BCUT2D eigenvalue weighted by molar-refractivity contribution is 6.01. The van der Waals surface area contributed by atoms with Crippen molar-refractivity contribution in [3.05, 3.63) is 42.5 Å². The second kappa shape index (κ2) is 8.83.